The molecule has 30 nitrogen and oxygen atoms in total. The Bertz CT molecular complexity index is 1530. The fourth-order valence-electron chi connectivity index (χ4n) is 9.14. The zero-order valence-electron chi connectivity index (χ0n) is 35.2. The zero-order chi connectivity index (χ0) is 48.8. The van der Waals surface area contributed by atoms with Crippen LogP contribution in [-0.4, -0.2) is 316 Å². The molecule has 6 unspecified atom stereocenters. The molecule has 18 N–H and O–H groups in total. The molecular weight excluding hydrogens is 924 g/mol. The Balaban J connectivity index is 1.20. The maximum atomic E-state index is 11.3. The third-order valence-corrected chi connectivity index (χ3v) is 12.9. The van der Waals surface area contributed by atoms with Crippen LogP contribution in [0.15, 0.2) is 0 Å². The first-order valence-electron chi connectivity index (χ1n) is 21.6. The maximum Gasteiger partial charge on any atom is 0.187 e. The lowest BCUT2D eigenvalue weighted by Gasteiger charge is -2.50. The highest BCUT2D eigenvalue weighted by molar-refractivity contribution is 5.01. The molecule has 0 aromatic carbocycles. The van der Waals surface area contributed by atoms with E-state index in [9.17, 15) is 91.9 Å². The van der Waals surface area contributed by atoms with Gasteiger partial charge < -0.3 is 149 Å². The molecule has 22 fully saturated rings. The monoisotopic (exact) mass is 986 g/mol. The highest BCUT2D eigenvalue weighted by atomic mass is 16.8. The predicted molar refractivity (Wildman–Crippen MR) is 200 cm³/mol. The van der Waals surface area contributed by atoms with Gasteiger partial charge in [0.05, 0.1) is 39.1 Å². The second-order valence-electron chi connectivity index (χ2n) is 17.2. The van der Waals surface area contributed by atoms with Gasteiger partial charge in [-0.3, -0.25) is 0 Å². The minimum absolute atomic E-state index is 0.374. The first-order chi connectivity index (χ1) is 31.9. The first kappa shape index (κ1) is 53.6. The van der Waals surface area contributed by atoms with Crippen molar-refractivity contribution in [1.82, 2.24) is 0 Å². The number of hydrogen-bond acceptors (Lipinski definition) is 30. The molecule has 22 saturated heterocycles. The molecule has 22 aliphatic heterocycles. The van der Waals surface area contributed by atoms with Crippen LogP contribution in [-0.2, 0) is 56.8 Å². The molecule has 22 heterocycles. The lowest BCUT2D eigenvalue weighted by molar-refractivity contribution is -0.403. The molecule has 22 aliphatic rings. The Kier molecular flexibility index (Phi) is 18.2. The van der Waals surface area contributed by atoms with Crippen molar-refractivity contribution >= 4 is 0 Å². The summed E-state index contributed by atoms with van der Waals surface area (Å²) in [6.45, 7) is -5.62. The van der Waals surface area contributed by atoms with Crippen LogP contribution in [0.2, 0.25) is 0 Å². The number of hydrogen-bond donors (Lipinski definition) is 18. The summed E-state index contributed by atoms with van der Waals surface area (Å²) in [6.07, 6.45) is -58.2. The summed E-state index contributed by atoms with van der Waals surface area (Å²) < 4.78 is 68.4. The van der Waals surface area contributed by atoms with Gasteiger partial charge in [-0.2, -0.15) is 0 Å². The smallest absolute Gasteiger partial charge is 0.187 e. The Morgan fingerprint density at radius 1 is 0.209 bits per heavy atom. The number of aliphatic hydroxyl groups excluding tert-OH is 18. The SMILES string of the molecule is OCC[C@H]1OC2O[C@H]3[C@H](O)[C@@H](O)C(O[C@H]4[C@H](O)[C@@H](O)C(O[C@H]5[C@H](O)[C@@H](O)C(O[C@H]6[C@H](O)[C@@H](O)C(O[C@H]7[C@H](O)[C@@H](O)C(O[C@H]1[C@H](O)[C@H]2O)O[C@@H]7CO)O[C@@H]6CO)O[C@@H]5CO)O[C@@H]4CO)O[C@@H]3CO. The lowest BCUT2D eigenvalue weighted by atomic mass is 9.94. The molecule has 12 bridgehead atoms. The Hall–Kier alpha value is -1.20. The summed E-state index contributed by atoms with van der Waals surface area (Å²) in [7, 11) is 0. The van der Waals surface area contributed by atoms with Crippen molar-refractivity contribution in [2.24, 2.45) is 0 Å². The summed E-state index contributed by atoms with van der Waals surface area (Å²) >= 11 is 0. The molecule has 0 aliphatic carbocycles. The van der Waals surface area contributed by atoms with Gasteiger partial charge in [0.15, 0.2) is 37.7 Å². The molecular formula is C37H62O30. The average molecular weight is 987 g/mol. The third kappa shape index (κ3) is 10.5. The zero-order valence-corrected chi connectivity index (χ0v) is 35.2. The van der Waals surface area contributed by atoms with Crippen molar-refractivity contribution in [2.45, 2.75) is 191 Å². The van der Waals surface area contributed by atoms with Gasteiger partial charge in [0, 0.05) is 6.61 Å². The van der Waals surface area contributed by atoms with Crippen LogP contribution < -0.4 is 0 Å². The topological polar surface area (TPSA) is 475 Å². The van der Waals surface area contributed by atoms with Gasteiger partial charge in [-0.1, -0.05) is 0 Å². The van der Waals surface area contributed by atoms with Gasteiger partial charge in [-0.05, 0) is 6.42 Å². The summed E-state index contributed by atoms with van der Waals surface area (Å²) in [5, 5.41) is 196. The van der Waals surface area contributed by atoms with Gasteiger partial charge in [-0.25, -0.2) is 0 Å². The van der Waals surface area contributed by atoms with Crippen molar-refractivity contribution in [3.8, 4) is 0 Å². The van der Waals surface area contributed by atoms with Crippen LogP contribution in [0.5, 0.6) is 0 Å². The number of ether oxygens (including phenoxy) is 12. The van der Waals surface area contributed by atoms with E-state index in [0.29, 0.717) is 0 Å². The molecule has 30 atom stereocenters. The molecule has 67 heavy (non-hydrogen) atoms. The largest absolute Gasteiger partial charge is 0.396 e. The highest BCUT2D eigenvalue weighted by Gasteiger charge is 2.58. The Morgan fingerprint density at radius 2 is 0.373 bits per heavy atom. The number of rotatable bonds is 7. The van der Waals surface area contributed by atoms with Gasteiger partial charge in [0.25, 0.3) is 0 Å². The third-order valence-electron chi connectivity index (χ3n) is 12.9. The van der Waals surface area contributed by atoms with Crippen LogP contribution in [0.1, 0.15) is 6.42 Å². The molecule has 22 rings (SSSR count). The fraction of sp³-hybridized carbons (Fsp3) is 1.00. The molecule has 0 amide bonds. The minimum atomic E-state index is -2.15. The first-order valence-corrected chi connectivity index (χ1v) is 21.6. The van der Waals surface area contributed by atoms with Crippen molar-refractivity contribution in [1.29, 1.82) is 0 Å². The lowest BCUT2D eigenvalue weighted by Crippen LogP contribution is -2.69. The van der Waals surface area contributed by atoms with E-state index < -0.39 is 224 Å². The Labute approximate surface area is 378 Å². The van der Waals surface area contributed by atoms with Crippen LogP contribution in [0, 0.1) is 0 Å². The fourth-order valence-corrected chi connectivity index (χ4v) is 9.14. The molecule has 390 valence electrons. The van der Waals surface area contributed by atoms with Crippen molar-refractivity contribution in [3.05, 3.63) is 0 Å². The standard InChI is InChI=1S/C37H62O30/c38-2-1-8-26-14(44)20(50)32(56-8)63-27-9(3-39)58-34(22(52)16(27)46)65-29-11(5-41)60-36(24(54)18(29)48)67-31-13(7-43)61-37(25(55)19(31)49)66-30-12(6-42)59-35(23(53)17(30)47)64-28-10(4-40)57-33(62-26)21(51)15(28)45/h8-55H,1-7H2/t8-,9-,10-,11-,12-,13-,14-,15-,16-,17-,18-,19-,20-,21-,22-,23-,24-,25-,26-,27-,28-,29-,30-,31-,32?,33?,34?,35?,36?,37?/m1/s1. The van der Waals surface area contributed by atoms with Crippen LogP contribution in [0.3, 0.4) is 0 Å². The summed E-state index contributed by atoms with van der Waals surface area (Å²) in [4.78, 5) is 0. The molecule has 0 aromatic rings. The highest BCUT2D eigenvalue weighted by Crippen LogP contribution is 2.38. The number of aliphatic hydroxyl groups is 18. The summed E-state index contributed by atoms with van der Waals surface area (Å²) in [6, 6.07) is 0. The molecule has 0 saturated carbocycles. The van der Waals surface area contributed by atoms with E-state index in [0.717, 1.165) is 0 Å². The quantitative estimate of drug-likeness (QED) is 0.113. The van der Waals surface area contributed by atoms with E-state index in [-0.39, 0.29) is 6.42 Å². The molecule has 0 radical (unpaired) electrons. The minimum Gasteiger partial charge on any atom is -0.396 e. The van der Waals surface area contributed by atoms with Gasteiger partial charge in [0.2, 0.25) is 0 Å². The summed E-state index contributed by atoms with van der Waals surface area (Å²) in [5.41, 5.74) is 0. The van der Waals surface area contributed by atoms with Gasteiger partial charge in [-0.15, -0.1) is 0 Å². The van der Waals surface area contributed by atoms with E-state index in [2.05, 4.69) is 0 Å². The van der Waals surface area contributed by atoms with Gasteiger partial charge >= 0.3 is 0 Å². The average Bonchev–Trinajstić information content (AvgIpc) is 3.32. The Morgan fingerprint density at radius 3 is 0.537 bits per heavy atom. The second kappa shape index (κ2) is 22.7. The van der Waals surface area contributed by atoms with E-state index in [4.69, 9.17) is 56.8 Å². The summed E-state index contributed by atoms with van der Waals surface area (Å²) in [5.74, 6) is 0. The normalized spacial score (nSPS) is 54.7. The molecule has 0 spiro atoms. The molecule has 0 aromatic heterocycles. The second-order valence-corrected chi connectivity index (χ2v) is 17.2. The van der Waals surface area contributed by atoms with E-state index in [1.54, 1.807) is 0 Å². The van der Waals surface area contributed by atoms with E-state index in [1.165, 1.54) is 0 Å². The predicted octanol–water partition coefficient (Wildman–Crippen LogP) is -12.7. The van der Waals surface area contributed by atoms with Crippen LogP contribution in [0.25, 0.3) is 0 Å². The van der Waals surface area contributed by atoms with E-state index in [1.807, 2.05) is 0 Å². The van der Waals surface area contributed by atoms with Crippen molar-refractivity contribution < 1.29 is 149 Å². The maximum absolute atomic E-state index is 11.3. The molecule has 30 heteroatoms. The van der Waals surface area contributed by atoms with Crippen molar-refractivity contribution in [2.75, 3.05) is 39.6 Å². The van der Waals surface area contributed by atoms with Crippen LogP contribution in [0.4, 0.5) is 0 Å². The van der Waals surface area contributed by atoms with Crippen LogP contribution >= 0.6 is 0 Å². The van der Waals surface area contributed by atoms with Gasteiger partial charge in [0.1, 0.15) is 140 Å². The van der Waals surface area contributed by atoms with Crippen molar-refractivity contribution in [3.63, 3.8) is 0 Å². The van der Waals surface area contributed by atoms with E-state index >= 15 is 0 Å².